The maximum Gasteiger partial charge on any atom is 1.00 e. The van der Waals surface area contributed by atoms with Gasteiger partial charge in [0.1, 0.15) is 29.9 Å². The van der Waals surface area contributed by atoms with Crippen molar-refractivity contribution in [3.63, 3.8) is 0 Å². The van der Waals surface area contributed by atoms with Crippen LogP contribution in [0.25, 0.3) is 0 Å². The van der Waals surface area contributed by atoms with E-state index < -0.39 is 71.5 Å². The number of aliphatic hydroxyl groups excluding tert-OH is 2. The van der Waals surface area contributed by atoms with E-state index in [0.717, 1.165) is 61.1 Å². The summed E-state index contributed by atoms with van der Waals surface area (Å²) in [5.74, 6) is 0.542. The quantitative estimate of drug-likeness (QED) is 0.0321. The zero-order valence-corrected chi connectivity index (χ0v) is 44.1. The Morgan fingerprint density at radius 2 is 1.33 bits per heavy atom. The van der Waals surface area contributed by atoms with Gasteiger partial charge in [-0.1, -0.05) is 149 Å². The van der Waals surface area contributed by atoms with E-state index in [1.165, 1.54) is 114 Å². The zero-order chi connectivity index (χ0) is 43.4. The number of carbonyl (C=O) groups excluding carboxylic acids is 1. The Kier molecular flexibility index (Phi) is 37.1. The molecule has 2 rings (SSSR count). The molecule has 0 amide bonds. The summed E-state index contributed by atoms with van der Waals surface area (Å²) in [7, 11) is -10.9. The minimum atomic E-state index is -5.50. The Labute approximate surface area is 413 Å². The number of unbranched alkanes of at least 4 members (excludes halogenated alkanes) is 21. The number of ether oxygens (including phenoxy) is 2. The Bertz CT molecular complexity index is 1440. The van der Waals surface area contributed by atoms with Crippen molar-refractivity contribution >= 4 is 33.4 Å². The van der Waals surface area contributed by atoms with Crippen LogP contribution in [-0.4, -0.2) is 79.8 Å². The third-order valence-electron chi connectivity index (χ3n) is 10.2. The van der Waals surface area contributed by atoms with E-state index in [1.807, 2.05) is 0 Å². The van der Waals surface area contributed by atoms with Gasteiger partial charge in [0.05, 0.1) is 19.2 Å². The SMILES string of the molecule is CCCCCCCCCCCCCCCCSCC(COP(=O)([O-])OP(=O)(O)OC[C@H]1O[C@@H](n2ccc(=N)nc2[O-])[C@@H](O)[C@@H]1O)OC(=O)CCCCCCCCCCC.[Na+].[Na+]. The number of hydrogen-bond acceptors (Lipinski definition) is 15. The van der Waals surface area contributed by atoms with Crippen molar-refractivity contribution in [1.82, 2.24) is 9.55 Å². The minimum absolute atomic E-state index is 0. The molecule has 1 aliphatic rings. The normalized spacial score (nSPS) is 20.0. The van der Waals surface area contributed by atoms with Crippen molar-refractivity contribution in [1.29, 1.82) is 5.41 Å². The first-order valence-corrected chi connectivity index (χ1v) is 26.1. The summed E-state index contributed by atoms with van der Waals surface area (Å²) in [6, 6.07) is 0.204. The van der Waals surface area contributed by atoms with Gasteiger partial charge in [-0.2, -0.15) is 11.8 Å². The smallest absolute Gasteiger partial charge is 0.846 e. The van der Waals surface area contributed by atoms with E-state index >= 15 is 0 Å². The van der Waals surface area contributed by atoms with Crippen LogP contribution in [0.3, 0.4) is 0 Å². The molecule has 1 aliphatic heterocycles. The van der Waals surface area contributed by atoms with Gasteiger partial charge in [-0.15, -0.1) is 0 Å². The van der Waals surface area contributed by atoms with Crippen LogP contribution in [0, 0.1) is 5.41 Å². The molecule has 0 radical (unpaired) electrons. The molecule has 1 saturated heterocycles. The molecule has 7 atom stereocenters. The number of rotatable bonds is 37. The van der Waals surface area contributed by atoms with Crippen LogP contribution in [-0.2, 0) is 36.8 Å². The van der Waals surface area contributed by atoms with Crippen molar-refractivity contribution in [3.8, 4) is 6.01 Å². The predicted molar refractivity (Wildman–Crippen MR) is 223 cm³/mol. The molecule has 21 heteroatoms. The van der Waals surface area contributed by atoms with Crippen molar-refractivity contribution < 1.29 is 121 Å². The van der Waals surface area contributed by atoms with Crippen LogP contribution >= 0.6 is 27.4 Å². The van der Waals surface area contributed by atoms with Crippen LogP contribution < -0.4 is 74.6 Å². The van der Waals surface area contributed by atoms with Crippen LogP contribution in [0.15, 0.2) is 12.3 Å². The van der Waals surface area contributed by atoms with Gasteiger partial charge in [-0.3, -0.25) is 19.3 Å². The number of nitrogens with one attached hydrogen (secondary N) is 1. The van der Waals surface area contributed by atoms with Crippen molar-refractivity contribution in [2.45, 2.75) is 199 Å². The summed E-state index contributed by atoms with van der Waals surface area (Å²) in [5, 5.41) is 40.4. The van der Waals surface area contributed by atoms with E-state index in [2.05, 4.69) is 23.1 Å². The van der Waals surface area contributed by atoms with E-state index in [1.54, 1.807) is 0 Å². The third kappa shape index (κ3) is 29.1. The molecule has 0 aliphatic carbocycles. The molecule has 1 aromatic rings. The fraction of sp³-hybridized carbons (Fsp3) is 0.875. The molecule has 1 fully saturated rings. The van der Waals surface area contributed by atoms with E-state index in [-0.39, 0.29) is 76.8 Å². The second-order valence-electron chi connectivity index (χ2n) is 15.5. The molecule has 3 unspecified atom stereocenters. The van der Waals surface area contributed by atoms with Gasteiger partial charge in [-0.25, -0.2) is 13.9 Å². The Hall–Kier alpha value is 0.640. The molecule has 0 spiro atoms. The Balaban J connectivity index is 0.0000180. The van der Waals surface area contributed by atoms with Crippen LogP contribution in [0.4, 0.5) is 0 Å². The topological polar surface area (TPSA) is 246 Å². The van der Waals surface area contributed by atoms with Crippen LogP contribution in [0.5, 0.6) is 6.01 Å². The van der Waals surface area contributed by atoms with Gasteiger partial charge in [0, 0.05) is 18.4 Å². The monoisotopic (exact) mass is 943 g/mol. The summed E-state index contributed by atoms with van der Waals surface area (Å²) < 4.78 is 51.1. The summed E-state index contributed by atoms with van der Waals surface area (Å²) in [6.45, 7) is 2.86. The second-order valence-corrected chi connectivity index (χ2v) is 19.7. The fourth-order valence-corrected chi connectivity index (χ4v) is 9.85. The average Bonchev–Trinajstić information content (AvgIpc) is 3.46. The van der Waals surface area contributed by atoms with Gasteiger partial charge < -0.3 is 43.7 Å². The summed E-state index contributed by atoms with van der Waals surface area (Å²) in [5.41, 5.74) is -0.334. The second kappa shape index (κ2) is 36.7. The molecule has 0 saturated carbocycles. The van der Waals surface area contributed by atoms with Crippen LogP contribution in [0.2, 0.25) is 0 Å². The number of phosphoric ester groups is 2. The average molecular weight is 944 g/mol. The van der Waals surface area contributed by atoms with Crippen molar-refractivity contribution in [2.24, 2.45) is 0 Å². The van der Waals surface area contributed by atoms with Crippen LogP contribution in [0.1, 0.15) is 174 Å². The Morgan fingerprint density at radius 3 is 1.84 bits per heavy atom. The maximum atomic E-state index is 12.7. The largest absolute Gasteiger partial charge is 1.00 e. The molecule has 16 nitrogen and oxygen atoms in total. The summed E-state index contributed by atoms with van der Waals surface area (Å²) >= 11 is 1.51. The third-order valence-corrected chi connectivity index (χ3v) is 13.9. The van der Waals surface area contributed by atoms with E-state index in [9.17, 15) is 39.0 Å². The van der Waals surface area contributed by atoms with Gasteiger partial charge in [0.25, 0.3) is 7.82 Å². The first-order chi connectivity index (χ1) is 28.3. The molecule has 4 N–H and O–H groups in total. The summed E-state index contributed by atoms with van der Waals surface area (Å²) in [6.07, 6.45) is 21.2. The molecule has 0 aromatic carbocycles. The standard InChI is InChI=1S/C40H75N3O13P2S.2Na/c1-3-5-7-9-11-13-14-15-16-17-19-21-23-25-29-59-32-33(54-36(44)26-24-22-20-18-12-10-8-6-4-2)30-52-57(48,49)56-58(50,51)53-31-34-37(45)38(46)39(55-34)43-28-27-35(41)42-40(43)47;;/h27-28,33-34,37-39,45-46H,3-26,29-32H2,1-2H3,(H,48,49)(H,50,51)(H2,41,42,47);;/q;2*+1/p-2/t33?,34-,37-,38+,39-;;/m1../s1. The van der Waals surface area contributed by atoms with Gasteiger partial charge >= 0.3 is 72.9 Å². The fourth-order valence-electron chi connectivity index (χ4n) is 6.77. The number of esters is 1. The molecule has 2 heterocycles. The minimum Gasteiger partial charge on any atom is -0.846 e. The van der Waals surface area contributed by atoms with Gasteiger partial charge in [0.2, 0.25) is 0 Å². The number of nitrogens with zero attached hydrogens (tertiary/aromatic N) is 2. The number of aromatic nitrogens is 2. The number of carbonyl (C=O) groups is 1. The predicted octanol–water partition coefficient (Wildman–Crippen LogP) is 1.73. The Morgan fingerprint density at radius 1 is 0.836 bits per heavy atom. The molecular weight excluding hydrogens is 870 g/mol. The molecule has 61 heavy (non-hydrogen) atoms. The first-order valence-electron chi connectivity index (χ1n) is 22.0. The molecule has 344 valence electrons. The molecular formula is C40H73N3Na2O13P2S. The zero-order valence-electron chi connectivity index (χ0n) is 37.5. The van der Waals surface area contributed by atoms with Gasteiger partial charge in [0.15, 0.2) is 6.23 Å². The maximum absolute atomic E-state index is 12.7. The number of aliphatic hydroxyl groups is 2. The molecule has 1 aromatic heterocycles. The molecule has 0 bridgehead atoms. The van der Waals surface area contributed by atoms with Crippen molar-refractivity contribution in [3.05, 3.63) is 17.8 Å². The van der Waals surface area contributed by atoms with E-state index in [0.29, 0.717) is 6.42 Å². The number of thioether (sulfide) groups is 1. The summed E-state index contributed by atoms with van der Waals surface area (Å²) in [4.78, 5) is 39.0. The number of hydrogen-bond donors (Lipinski definition) is 4. The van der Waals surface area contributed by atoms with E-state index in [4.69, 9.17) is 23.9 Å². The van der Waals surface area contributed by atoms with Crippen molar-refractivity contribution in [2.75, 3.05) is 24.7 Å². The first kappa shape index (κ1) is 61.6. The number of phosphoric acid groups is 2. The van der Waals surface area contributed by atoms with Gasteiger partial charge in [-0.05, 0) is 24.7 Å².